The number of ether oxygens (including phenoxy) is 2. The van der Waals surface area contributed by atoms with Gasteiger partial charge < -0.3 is 14.6 Å². The molecule has 1 N–H and O–H groups in total. The summed E-state index contributed by atoms with van der Waals surface area (Å²) in [5.41, 5.74) is 4.39. The van der Waals surface area contributed by atoms with Crippen molar-refractivity contribution in [1.29, 1.82) is 0 Å². The minimum Gasteiger partial charge on any atom is -0.504 e. The van der Waals surface area contributed by atoms with Crippen LogP contribution in [0.25, 0.3) is 0 Å². The highest BCUT2D eigenvalue weighted by Gasteiger charge is 2.46. The second kappa shape index (κ2) is 11.1. The molecule has 38 heavy (non-hydrogen) atoms. The van der Waals surface area contributed by atoms with Crippen LogP contribution >= 0.6 is 0 Å². The van der Waals surface area contributed by atoms with Crippen LogP contribution in [-0.4, -0.2) is 29.2 Å². The summed E-state index contributed by atoms with van der Waals surface area (Å²) < 4.78 is 11.4. The highest BCUT2D eigenvalue weighted by Crippen LogP contribution is 2.47. The number of esters is 1. The first-order chi connectivity index (χ1) is 18.5. The van der Waals surface area contributed by atoms with Crippen LogP contribution in [0.2, 0.25) is 0 Å². The fourth-order valence-electron chi connectivity index (χ4n) is 5.56. The quantitative estimate of drug-likeness (QED) is 0.389. The van der Waals surface area contributed by atoms with E-state index in [1.54, 1.807) is 25.1 Å². The molecule has 0 spiro atoms. The van der Waals surface area contributed by atoms with E-state index in [9.17, 15) is 14.7 Å². The number of hydrogen-bond acceptors (Lipinski definition) is 6. The van der Waals surface area contributed by atoms with Crippen LogP contribution < -0.4 is 4.74 Å². The minimum atomic E-state index is -0.588. The zero-order valence-corrected chi connectivity index (χ0v) is 21.6. The average Bonchev–Trinajstić information content (AvgIpc) is 2.93. The van der Waals surface area contributed by atoms with Gasteiger partial charge in [-0.1, -0.05) is 66.7 Å². The number of nitrogens with zero attached hydrogens (tertiary/aromatic N) is 1. The van der Waals surface area contributed by atoms with Crippen molar-refractivity contribution >= 4 is 17.5 Å². The Morgan fingerprint density at radius 2 is 1.66 bits per heavy atom. The van der Waals surface area contributed by atoms with Gasteiger partial charge in [-0.05, 0) is 55.0 Å². The average molecular weight is 510 g/mol. The Balaban J connectivity index is 1.55. The summed E-state index contributed by atoms with van der Waals surface area (Å²) in [7, 11) is 0. The van der Waals surface area contributed by atoms with Gasteiger partial charge in [-0.3, -0.25) is 9.79 Å². The first-order valence-corrected chi connectivity index (χ1v) is 13.0. The van der Waals surface area contributed by atoms with E-state index in [-0.39, 0.29) is 24.1 Å². The summed E-state index contributed by atoms with van der Waals surface area (Å²) in [6.45, 7) is 4.13. The lowest BCUT2D eigenvalue weighted by Gasteiger charge is -2.38. The molecule has 3 aromatic rings. The zero-order valence-electron chi connectivity index (χ0n) is 21.6. The van der Waals surface area contributed by atoms with Gasteiger partial charge in [0.25, 0.3) is 0 Å². The third-order valence-electron chi connectivity index (χ3n) is 7.30. The number of aliphatic imine (C=N–C) groups is 1. The van der Waals surface area contributed by atoms with Gasteiger partial charge in [-0.25, -0.2) is 4.79 Å². The van der Waals surface area contributed by atoms with E-state index >= 15 is 0 Å². The Labute approximate surface area is 222 Å². The predicted molar refractivity (Wildman–Crippen MR) is 145 cm³/mol. The number of hydrogen-bond donors (Lipinski definition) is 1. The van der Waals surface area contributed by atoms with E-state index in [0.717, 1.165) is 16.8 Å². The second-order valence-electron chi connectivity index (χ2n) is 9.76. The molecule has 3 aromatic carbocycles. The Hall–Kier alpha value is -4.19. The number of phenolic OH excluding ortho intramolecular Hbond substituents is 1. The van der Waals surface area contributed by atoms with Gasteiger partial charge in [0, 0.05) is 23.7 Å². The fraction of sp³-hybridized carbons (Fsp3) is 0.281. The third kappa shape index (κ3) is 5.12. The van der Waals surface area contributed by atoms with Gasteiger partial charge in [-0.2, -0.15) is 0 Å². The zero-order chi connectivity index (χ0) is 26.6. The maximum atomic E-state index is 13.8. The monoisotopic (exact) mass is 509 g/mol. The lowest BCUT2D eigenvalue weighted by molar-refractivity contribution is -0.140. The standard InChI is InChI=1S/C32H31NO5/c1-3-37-28-18-23(14-15-26(28)34)30-29(32(36)38-19-21-10-6-4-7-11-21)20(2)33-25-16-24(17-27(35)31(25)30)22-12-8-5-9-13-22/h4-15,18,24,30-31,34H,3,16-17,19H2,1-2H3/t24-,30-,31?/m1/s1. The number of benzene rings is 3. The van der Waals surface area contributed by atoms with Crippen molar-refractivity contribution in [3.63, 3.8) is 0 Å². The lowest BCUT2D eigenvalue weighted by atomic mass is 9.66. The summed E-state index contributed by atoms with van der Waals surface area (Å²) >= 11 is 0. The van der Waals surface area contributed by atoms with Gasteiger partial charge in [-0.15, -0.1) is 0 Å². The number of Topliss-reactive ketones (excluding diaryl/α,β-unsaturated/α-hetero) is 1. The molecule has 0 aromatic heterocycles. The Bertz CT molecular complexity index is 1390. The molecular weight excluding hydrogens is 478 g/mol. The van der Waals surface area contributed by atoms with Gasteiger partial charge in [0.2, 0.25) is 0 Å². The Morgan fingerprint density at radius 1 is 0.947 bits per heavy atom. The predicted octanol–water partition coefficient (Wildman–Crippen LogP) is 6.11. The largest absolute Gasteiger partial charge is 0.504 e. The SMILES string of the molecule is CCOc1cc([C@@H]2C(C(=O)OCc3ccccc3)=C(C)N=C3C[C@@H](c4ccccc4)CC(=O)C32)ccc1O. The van der Waals surface area contributed by atoms with Crippen LogP contribution in [0.15, 0.2) is 95.1 Å². The minimum absolute atomic E-state index is 0.00770. The summed E-state index contributed by atoms with van der Waals surface area (Å²) in [5.74, 6) is -1.27. The van der Waals surface area contributed by atoms with Crippen molar-refractivity contribution in [3.8, 4) is 11.5 Å². The van der Waals surface area contributed by atoms with Crippen molar-refractivity contribution in [1.82, 2.24) is 0 Å². The number of phenols is 1. The van der Waals surface area contributed by atoms with Crippen LogP contribution in [0.5, 0.6) is 11.5 Å². The third-order valence-corrected chi connectivity index (χ3v) is 7.30. The van der Waals surface area contributed by atoms with Crippen molar-refractivity contribution < 1.29 is 24.2 Å². The first kappa shape index (κ1) is 25.5. The van der Waals surface area contributed by atoms with E-state index in [4.69, 9.17) is 14.5 Å². The van der Waals surface area contributed by atoms with Gasteiger partial charge in [0.05, 0.1) is 18.1 Å². The van der Waals surface area contributed by atoms with E-state index in [1.165, 1.54) is 0 Å². The van der Waals surface area contributed by atoms with Crippen LogP contribution in [0.4, 0.5) is 0 Å². The molecule has 5 rings (SSSR count). The molecule has 6 heteroatoms. The number of fused-ring (bicyclic) bond motifs is 1. The molecule has 1 fully saturated rings. The molecule has 1 saturated carbocycles. The molecule has 1 unspecified atom stereocenters. The first-order valence-electron chi connectivity index (χ1n) is 13.0. The number of ketones is 1. The summed E-state index contributed by atoms with van der Waals surface area (Å²) in [5, 5.41) is 10.3. The molecule has 0 amide bonds. The van der Waals surface area contributed by atoms with E-state index in [0.29, 0.717) is 42.0 Å². The molecule has 6 nitrogen and oxygen atoms in total. The topological polar surface area (TPSA) is 85.2 Å². The Morgan fingerprint density at radius 3 is 2.37 bits per heavy atom. The highest BCUT2D eigenvalue weighted by atomic mass is 16.5. The van der Waals surface area contributed by atoms with E-state index in [1.807, 2.05) is 67.6 Å². The number of carbonyl (C=O) groups excluding carboxylic acids is 2. The molecule has 1 aliphatic heterocycles. The van der Waals surface area contributed by atoms with Gasteiger partial charge in [0.15, 0.2) is 11.5 Å². The fourth-order valence-corrected chi connectivity index (χ4v) is 5.56. The number of allylic oxidation sites excluding steroid dienone is 1. The van der Waals surface area contributed by atoms with Crippen LogP contribution in [0.3, 0.4) is 0 Å². The van der Waals surface area contributed by atoms with Gasteiger partial charge in [0.1, 0.15) is 12.4 Å². The number of aromatic hydroxyl groups is 1. The summed E-state index contributed by atoms with van der Waals surface area (Å²) in [4.78, 5) is 32.2. The molecule has 3 atom stereocenters. The molecule has 0 radical (unpaired) electrons. The van der Waals surface area contributed by atoms with E-state index < -0.39 is 17.8 Å². The summed E-state index contributed by atoms with van der Waals surface area (Å²) in [6, 6.07) is 24.5. The Kier molecular flexibility index (Phi) is 7.40. The molecule has 1 aliphatic carbocycles. The molecule has 2 aliphatic rings. The molecule has 0 bridgehead atoms. The maximum absolute atomic E-state index is 13.8. The molecule has 1 heterocycles. The molecule has 194 valence electrons. The van der Waals surface area contributed by atoms with Crippen molar-refractivity contribution in [2.24, 2.45) is 10.9 Å². The highest BCUT2D eigenvalue weighted by molar-refractivity contribution is 6.12. The maximum Gasteiger partial charge on any atom is 0.336 e. The molecule has 0 saturated heterocycles. The van der Waals surface area contributed by atoms with Crippen LogP contribution in [-0.2, 0) is 20.9 Å². The summed E-state index contributed by atoms with van der Waals surface area (Å²) in [6.07, 6.45) is 1.00. The molecular formula is C32H31NO5. The normalized spacial score (nSPS) is 20.9. The van der Waals surface area contributed by atoms with Gasteiger partial charge >= 0.3 is 5.97 Å². The van der Waals surface area contributed by atoms with Crippen molar-refractivity contribution in [2.45, 2.75) is 45.1 Å². The lowest BCUT2D eigenvalue weighted by Crippen LogP contribution is -2.41. The number of rotatable bonds is 7. The van der Waals surface area contributed by atoms with E-state index in [2.05, 4.69) is 0 Å². The smallest absolute Gasteiger partial charge is 0.336 e. The van der Waals surface area contributed by atoms with Crippen molar-refractivity contribution in [2.75, 3.05) is 6.61 Å². The van der Waals surface area contributed by atoms with Crippen LogP contribution in [0.1, 0.15) is 55.2 Å². The van der Waals surface area contributed by atoms with Crippen molar-refractivity contribution in [3.05, 3.63) is 107 Å². The number of carbonyl (C=O) groups is 2. The second-order valence-corrected chi connectivity index (χ2v) is 9.76. The van der Waals surface area contributed by atoms with Crippen LogP contribution in [0, 0.1) is 5.92 Å².